The number of carbonyl (C=O) groups excluding carboxylic acids is 1. The molecule has 0 unspecified atom stereocenters. The lowest BCUT2D eigenvalue weighted by Gasteiger charge is -2.10. The van der Waals surface area contributed by atoms with Crippen molar-refractivity contribution in [1.82, 2.24) is 0 Å². The minimum absolute atomic E-state index is 0.423. The Balaban J connectivity index is 1.86. The highest BCUT2D eigenvalue weighted by Crippen LogP contribution is 2.39. The van der Waals surface area contributed by atoms with Crippen LogP contribution in [0.1, 0.15) is 22.2 Å². The van der Waals surface area contributed by atoms with E-state index in [0.717, 1.165) is 23.3 Å². The molecule has 0 atom stereocenters. The maximum Gasteiger partial charge on any atom is 0.267 e. The van der Waals surface area contributed by atoms with Crippen molar-refractivity contribution in [3.63, 3.8) is 0 Å². The molecule has 0 amide bonds. The van der Waals surface area contributed by atoms with Crippen LogP contribution in [0.2, 0.25) is 0 Å². The smallest absolute Gasteiger partial charge is 0.267 e. The first kappa shape index (κ1) is 9.90. The first-order valence-corrected chi connectivity index (χ1v) is 5.34. The molecule has 3 heteroatoms. The number of fused-ring (bicyclic) bond motifs is 1. The van der Waals surface area contributed by atoms with E-state index in [4.69, 9.17) is 9.47 Å². The largest absolute Gasteiger partial charge is 0.447 e. The van der Waals surface area contributed by atoms with Gasteiger partial charge in [-0.15, -0.1) is 0 Å². The molecule has 1 aliphatic rings. The molecule has 0 spiro atoms. The van der Waals surface area contributed by atoms with Crippen LogP contribution in [0.25, 0.3) is 0 Å². The quantitative estimate of drug-likeness (QED) is 0.738. The maximum absolute atomic E-state index is 10.6. The molecule has 2 aromatic rings. The zero-order valence-electron chi connectivity index (χ0n) is 9.00. The Kier molecular flexibility index (Phi) is 2.29. The van der Waals surface area contributed by atoms with Crippen LogP contribution in [-0.2, 0) is 0 Å². The van der Waals surface area contributed by atoms with E-state index in [9.17, 15) is 4.79 Å². The molecule has 0 bridgehead atoms. The van der Waals surface area contributed by atoms with Gasteiger partial charge in [-0.25, -0.2) is 0 Å². The van der Waals surface area contributed by atoms with Gasteiger partial charge in [-0.1, -0.05) is 36.4 Å². The number of aldehydes is 1. The van der Waals surface area contributed by atoms with E-state index in [1.807, 2.05) is 36.4 Å². The summed E-state index contributed by atoms with van der Waals surface area (Å²) >= 11 is 0. The third kappa shape index (κ3) is 1.76. The predicted molar refractivity (Wildman–Crippen MR) is 62.3 cm³/mol. The summed E-state index contributed by atoms with van der Waals surface area (Å²) < 4.78 is 11.3. The van der Waals surface area contributed by atoms with Gasteiger partial charge < -0.3 is 9.47 Å². The molecule has 1 heterocycles. The summed E-state index contributed by atoms with van der Waals surface area (Å²) in [7, 11) is 0. The second-order valence-electron chi connectivity index (χ2n) is 3.80. The summed E-state index contributed by atoms with van der Waals surface area (Å²) in [5.74, 6) is 1.49. The molecule has 0 fully saturated rings. The Morgan fingerprint density at radius 2 is 1.47 bits per heavy atom. The molecule has 0 aromatic heterocycles. The molecule has 3 nitrogen and oxygen atoms in total. The Morgan fingerprint density at radius 1 is 0.882 bits per heavy atom. The SMILES string of the molecule is O=Cc1ccc(C2Oc3ccccc3O2)cc1. The monoisotopic (exact) mass is 226 g/mol. The van der Waals surface area contributed by atoms with Crippen LogP contribution < -0.4 is 9.47 Å². The average molecular weight is 226 g/mol. The van der Waals surface area contributed by atoms with Gasteiger partial charge in [-0.2, -0.15) is 0 Å². The Bertz CT molecular complexity index is 521. The van der Waals surface area contributed by atoms with Gasteiger partial charge in [-0.3, -0.25) is 4.79 Å². The zero-order valence-corrected chi connectivity index (χ0v) is 9.00. The van der Waals surface area contributed by atoms with E-state index in [0.29, 0.717) is 5.56 Å². The molecule has 84 valence electrons. The van der Waals surface area contributed by atoms with Crippen LogP contribution in [-0.4, -0.2) is 6.29 Å². The van der Waals surface area contributed by atoms with E-state index < -0.39 is 6.29 Å². The molecule has 17 heavy (non-hydrogen) atoms. The van der Waals surface area contributed by atoms with Crippen molar-refractivity contribution in [1.29, 1.82) is 0 Å². The van der Waals surface area contributed by atoms with Crippen LogP contribution in [0.15, 0.2) is 48.5 Å². The molecule has 0 N–H and O–H groups in total. The van der Waals surface area contributed by atoms with Crippen LogP contribution in [0.3, 0.4) is 0 Å². The maximum atomic E-state index is 10.6. The van der Waals surface area contributed by atoms with Crippen molar-refractivity contribution < 1.29 is 14.3 Å². The van der Waals surface area contributed by atoms with Crippen molar-refractivity contribution in [2.45, 2.75) is 6.29 Å². The molecular weight excluding hydrogens is 216 g/mol. The van der Waals surface area contributed by atoms with Crippen molar-refractivity contribution >= 4 is 6.29 Å². The van der Waals surface area contributed by atoms with Gasteiger partial charge in [0.2, 0.25) is 0 Å². The number of rotatable bonds is 2. The average Bonchev–Trinajstić information content (AvgIpc) is 2.82. The number of ether oxygens (including phenoxy) is 2. The van der Waals surface area contributed by atoms with E-state index in [1.165, 1.54) is 0 Å². The molecule has 3 rings (SSSR count). The van der Waals surface area contributed by atoms with E-state index in [2.05, 4.69) is 0 Å². The fraction of sp³-hybridized carbons (Fsp3) is 0.0714. The Hall–Kier alpha value is -2.29. The minimum atomic E-state index is -0.423. The predicted octanol–water partition coefficient (Wildman–Crippen LogP) is 2.97. The van der Waals surface area contributed by atoms with Crippen LogP contribution in [0, 0.1) is 0 Å². The van der Waals surface area contributed by atoms with E-state index in [1.54, 1.807) is 12.1 Å². The molecule has 0 radical (unpaired) electrons. The summed E-state index contributed by atoms with van der Waals surface area (Å²) in [5.41, 5.74) is 1.54. The van der Waals surface area contributed by atoms with Crippen molar-refractivity contribution in [2.24, 2.45) is 0 Å². The fourth-order valence-corrected chi connectivity index (χ4v) is 1.77. The first-order valence-electron chi connectivity index (χ1n) is 5.34. The third-order valence-electron chi connectivity index (χ3n) is 2.66. The van der Waals surface area contributed by atoms with Gasteiger partial charge in [0.25, 0.3) is 6.29 Å². The summed E-state index contributed by atoms with van der Waals surface area (Å²) in [6.07, 6.45) is 0.391. The highest BCUT2D eigenvalue weighted by molar-refractivity contribution is 5.74. The molecule has 1 aliphatic heterocycles. The van der Waals surface area contributed by atoms with Gasteiger partial charge >= 0.3 is 0 Å². The third-order valence-corrected chi connectivity index (χ3v) is 2.66. The number of para-hydroxylation sites is 2. The lowest BCUT2D eigenvalue weighted by molar-refractivity contribution is 0.0487. The van der Waals surface area contributed by atoms with E-state index in [-0.39, 0.29) is 0 Å². The fourth-order valence-electron chi connectivity index (χ4n) is 1.77. The van der Waals surface area contributed by atoms with Gasteiger partial charge in [0.15, 0.2) is 11.5 Å². The highest BCUT2D eigenvalue weighted by Gasteiger charge is 2.24. The lowest BCUT2D eigenvalue weighted by atomic mass is 10.1. The van der Waals surface area contributed by atoms with Gasteiger partial charge in [0.05, 0.1) is 0 Å². The standard InChI is InChI=1S/C14H10O3/c15-9-10-5-7-11(8-6-10)14-16-12-3-1-2-4-13(12)17-14/h1-9,14H. The van der Waals surface area contributed by atoms with Crippen LogP contribution in [0.4, 0.5) is 0 Å². The van der Waals surface area contributed by atoms with Crippen LogP contribution in [0.5, 0.6) is 11.5 Å². The summed E-state index contributed by atoms with van der Waals surface area (Å²) in [6.45, 7) is 0. The van der Waals surface area contributed by atoms with Gasteiger partial charge in [0, 0.05) is 11.1 Å². The van der Waals surface area contributed by atoms with E-state index >= 15 is 0 Å². The van der Waals surface area contributed by atoms with Crippen molar-refractivity contribution in [3.05, 3.63) is 59.7 Å². The van der Waals surface area contributed by atoms with Gasteiger partial charge in [-0.05, 0) is 12.1 Å². The normalized spacial score (nSPS) is 13.6. The summed E-state index contributed by atoms with van der Waals surface area (Å²) in [6, 6.07) is 14.7. The lowest BCUT2D eigenvalue weighted by Crippen LogP contribution is -2.07. The summed E-state index contributed by atoms with van der Waals surface area (Å²) in [5, 5.41) is 0. The van der Waals surface area contributed by atoms with Crippen molar-refractivity contribution in [3.8, 4) is 11.5 Å². The molecular formula is C14H10O3. The molecule has 2 aromatic carbocycles. The zero-order chi connectivity index (χ0) is 11.7. The number of carbonyl (C=O) groups is 1. The Labute approximate surface area is 98.6 Å². The van der Waals surface area contributed by atoms with Crippen LogP contribution >= 0.6 is 0 Å². The second kappa shape index (κ2) is 3.94. The topological polar surface area (TPSA) is 35.5 Å². The molecule has 0 aliphatic carbocycles. The highest BCUT2D eigenvalue weighted by atomic mass is 16.7. The summed E-state index contributed by atoms with van der Waals surface area (Å²) in [4.78, 5) is 10.6. The first-order chi connectivity index (χ1) is 8.36. The second-order valence-corrected chi connectivity index (χ2v) is 3.80. The van der Waals surface area contributed by atoms with Crippen molar-refractivity contribution in [2.75, 3.05) is 0 Å². The Morgan fingerprint density at radius 3 is 2.00 bits per heavy atom. The van der Waals surface area contributed by atoms with Gasteiger partial charge in [0.1, 0.15) is 6.29 Å². The number of hydrogen-bond acceptors (Lipinski definition) is 3. The molecule has 0 saturated heterocycles. The molecule has 0 saturated carbocycles. The number of benzene rings is 2. The number of hydrogen-bond donors (Lipinski definition) is 0. The minimum Gasteiger partial charge on any atom is -0.447 e.